The molecule has 0 fully saturated rings. The van der Waals surface area contributed by atoms with Gasteiger partial charge in [-0.15, -0.1) is 5.11 Å². The average molecular weight is 332 g/mol. The van der Waals surface area contributed by atoms with Crippen molar-refractivity contribution in [3.63, 3.8) is 0 Å². The molecule has 1 rings (SSSR count). The van der Waals surface area contributed by atoms with Crippen molar-refractivity contribution in [3.8, 4) is 5.75 Å². The SMILES string of the molecule is CCCCCCCCCCCCCCOc1ccc(N=[N])cc1C. The second-order valence-electron chi connectivity index (χ2n) is 6.79. The molecule has 0 spiro atoms. The Morgan fingerprint density at radius 1 is 0.833 bits per heavy atom. The Bertz CT molecular complexity index is 445. The van der Waals surface area contributed by atoms with Gasteiger partial charge in [0, 0.05) is 0 Å². The minimum atomic E-state index is 0.574. The molecule has 1 aromatic rings. The molecule has 3 nitrogen and oxygen atoms in total. The van der Waals surface area contributed by atoms with Crippen LogP contribution in [0.25, 0.3) is 0 Å². The van der Waals surface area contributed by atoms with Crippen molar-refractivity contribution < 1.29 is 4.74 Å². The summed E-state index contributed by atoms with van der Waals surface area (Å²) >= 11 is 0. The molecule has 0 heterocycles. The summed E-state index contributed by atoms with van der Waals surface area (Å²) in [4.78, 5) is 0. The van der Waals surface area contributed by atoms with Gasteiger partial charge in [0.1, 0.15) is 5.75 Å². The highest BCUT2D eigenvalue weighted by Crippen LogP contribution is 2.23. The van der Waals surface area contributed by atoms with E-state index in [9.17, 15) is 0 Å². The minimum absolute atomic E-state index is 0.574. The molecule has 0 saturated carbocycles. The minimum Gasteiger partial charge on any atom is -0.493 e. The van der Waals surface area contributed by atoms with Gasteiger partial charge in [-0.2, -0.15) is 0 Å². The molecule has 0 saturated heterocycles. The van der Waals surface area contributed by atoms with Crippen LogP contribution in [0.4, 0.5) is 5.69 Å². The summed E-state index contributed by atoms with van der Waals surface area (Å²) in [5, 5.41) is 3.19. The predicted octanol–water partition coefficient (Wildman–Crippen LogP) is 6.96. The number of unbranched alkanes of at least 4 members (excludes halogenated alkanes) is 11. The Balaban J connectivity index is 1.91. The normalized spacial score (nSPS) is 10.8. The van der Waals surface area contributed by atoms with Gasteiger partial charge >= 0.3 is 0 Å². The van der Waals surface area contributed by atoms with Crippen molar-refractivity contribution in [2.75, 3.05) is 6.61 Å². The highest BCUT2D eigenvalue weighted by molar-refractivity contribution is 5.46. The number of ether oxygens (including phenoxy) is 1. The Kier molecular flexibility index (Phi) is 12.1. The fraction of sp³-hybridized carbons (Fsp3) is 0.714. The molecule has 1 radical (unpaired) electrons. The quantitative estimate of drug-likeness (QED) is 0.253. The molecule has 0 unspecified atom stereocenters. The van der Waals surface area contributed by atoms with Crippen molar-refractivity contribution in [3.05, 3.63) is 23.8 Å². The fourth-order valence-electron chi connectivity index (χ4n) is 2.98. The van der Waals surface area contributed by atoms with E-state index < -0.39 is 0 Å². The number of hydrogen-bond donors (Lipinski definition) is 0. The molecule has 1 aromatic carbocycles. The van der Waals surface area contributed by atoms with E-state index in [1.165, 1.54) is 70.6 Å². The predicted molar refractivity (Wildman–Crippen MR) is 102 cm³/mol. The molecule has 0 atom stereocenters. The molecule has 0 aliphatic rings. The first-order chi connectivity index (χ1) is 11.8. The van der Waals surface area contributed by atoms with Crippen molar-refractivity contribution in [1.82, 2.24) is 5.53 Å². The summed E-state index contributed by atoms with van der Waals surface area (Å²) in [5.41, 5.74) is 10.3. The molecular formula is C21H35N2O. The first kappa shape index (κ1) is 20.7. The molecular weight excluding hydrogens is 296 g/mol. The lowest BCUT2D eigenvalue weighted by atomic mass is 10.1. The van der Waals surface area contributed by atoms with Gasteiger partial charge in [-0.1, -0.05) is 77.6 Å². The van der Waals surface area contributed by atoms with Crippen LogP contribution in [0.5, 0.6) is 5.75 Å². The second-order valence-corrected chi connectivity index (χ2v) is 6.79. The standard InChI is InChI=1S/C21H35N2O/c1-3-4-5-6-7-8-9-10-11-12-13-14-17-24-21-16-15-20(23-22)18-19(21)2/h15-16,18H,3-14,17H2,1-2H3. The molecule has 0 aliphatic carbocycles. The number of rotatable bonds is 15. The zero-order chi connectivity index (χ0) is 17.5. The molecule has 0 N–H and O–H groups in total. The van der Waals surface area contributed by atoms with Crippen molar-refractivity contribution in [2.24, 2.45) is 5.11 Å². The molecule has 0 aromatic heterocycles. The Labute approximate surface area is 148 Å². The molecule has 135 valence electrons. The third-order valence-electron chi connectivity index (χ3n) is 4.53. The van der Waals surface area contributed by atoms with Crippen LogP contribution in [-0.4, -0.2) is 6.61 Å². The maximum Gasteiger partial charge on any atom is 0.122 e. The number of hydrogen-bond acceptors (Lipinski definition) is 2. The van der Waals surface area contributed by atoms with Gasteiger partial charge < -0.3 is 4.74 Å². The highest BCUT2D eigenvalue weighted by atomic mass is 16.5. The number of benzene rings is 1. The first-order valence-corrected chi connectivity index (χ1v) is 9.86. The lowest BCUT2D eigenvalue weighted by molar-refractivity contribution is 0.302. The van der Waals surface area contributed by atoms with Crippen LogP contribution in [0, 0.1) is 6.92 Å². The average Bonchev–Trinajstić information content (AvgIpc) is 2.60. The van der Waals surface area contributed by atoms with E-state index in [4.69, 9.17) is 10.3 Å². The van der Waals surface area contributed by atoms with E-state index in [0.29, 0.717) is 5.69 Å². The van der Waals surface area contributed by atoms with E-state index >= 15 is 0 Å². The largest absolute Gasteiger partial charge is 0.493 e. The van der Waals surface area contributed by atoms with E-state index in [0.717, 1.165) is 24.3 Å². The zero-order valence-corrected chi connectivity index (χ0v) is 15.7. The molecule has 0 aliphatic heterocycles. The molecule has 3 heteroatoms. The molecule has 0 bridgehead atoms. The van der Waals surface area contributed by atoms with Crippen LogP contribution >= 0.6 is 0 Å². The lowest BCUT2D eigenvalue weighted by Gasteiger charge is -2.09. The van der Waals surface area contributed by atoms with Crippen molar-refractivity contribution in [2.45, 2.75) is 90.9 Å². The highest BCUT2D eigenvalue weighted by Gasteiger charge is 2.01. The van der Waals surface area contributed by atoms with Crippen LogP contribution in [0.3, 0.4) is 0 Å². The summed E-state index contributed by atoms with van der Waals surface area (Å²) in [6.45, 7) is 5.02. The Morgan fingerprint density at radius 3 is 1.88 bits per heavy atom. The van der Waals surface area contributed by atoms with Crippen LogP contribution in [0.1, 0.15) is 89.5 Å². The van der Waals surface area contributed by atoms with E-state index in [-0.39, 0.29) is 0 Å². The summed E-state index contributed by atoms with van der Waals surface area (Å²) in [6.07, 6.45) is 16.3. The molecule has 24 heavy (non-hydrogen) atoms. The van der Waals surface area contributed by atoms with Gasteiger partial charge in [0.05, 0.1) is 12.3 Å². The second kappa shape index (κ2) is 14.0. The summed E-state index contributed by atoms with van der Waals surface area (Å²) < 4.78 is 5.80. The van der Waals surface area contributed by atoms with Gasteiger partial charge in [0.2, 0.25) is 0 Å². The number of nitrogens with zero attached hydrogens (tertiary/aromatic N) is 2. The van der Waals surface area contributed by atoms with E-state index in [2.05, 4.69) is 12.0 Å². The maximum atomic E-state index is 8.74. The molecule has 0 amide bonds. The van der Waals surface area contributed by atoms with Crippen molar-refractivity contribution >= 4 is 5.69 Å². The Hall–Kier alpha value is -1.38. The van der Waals surface area contributed by atoms with Crippen LogP contribution < -0.4 is 10.3 Å². The summed E-state index contributed by atoms with van der Waals surface area (Å²) in [6, 6.07) is 5.48. The Morgan fingerprint density at radius 2 is 1.38 bits per heavy atom. The van der Waals surface area contributed by atoms with Gasteiger partial charge in [-0.05, 0) is 42.6 Å². The topological polar surface area (TPSA) is 43.9 Å². The summed E-state index contributed by atoms with van der Waals surface area (Å²) in [5.74, 6) is 0.894. The zero-order valence-electron chi connectivity index (χ0n) is 15.7. The van der Waals surface area contributed by atoms with Crippen molar-refractivity contribution in [1.29, 1.82) is 0 Å². The third-order valence-corrected chi connectivity index (χ3v) is 4.53. The van der Waals surface area contributed by atoms with Gasteiger partial charge in [-0.25, -0.2) is 0 Å². The van der Waals surface area contributed by atoms with E-state index in [1.807, 2.05) is 19.1 Å². The van der Waals surface area contributed by atoms with Gasteiger partial charge in [0.25, 0.3) is 0 Å². The fourth-order valence-corrected chi connectivity index (χ4v) is 2.98. The van der Waals surface area contributed by atoms with E-state index in [1.54, 1.807) is 6.07 Å². The smallest absolute Gasteiger partial charge is 0.122 e. The van der Waals surface area contributed by atoms with Crippen LogP contribution in [0.15, 0.2) is 23.3 Å². The lowest BCUT2D eigenvalue weighted by Crippen LogP contribution is -1.98. The maximum absolute atomic E-state index is 8.74. The summed E-state index contributed by atoms with van der Waals surface area (Å²) in [7, 11) is 0. The van der Waals surface area contributed by atoms with Crippen LogP contribution in [-0.2, 0) is 0 Å². The third kappa shape index (κ3) is 9.69. The van der Waals surface area contributed by atoms with Crippen LogP contribution in [0.2, 0.25) is 0 Å². The van der Waals surface area contributed by atoms with Gasteiger partial charge in [-0.3, -0.25) is 0 Å². The monoisotopic (exact) mass is 331 g/mol. The number of aryl methyl sites for hydroxylation is 1. The van der Waals surface area contributed by atoms with Gasteiger partial charge in [0.15, 0.2) is 0 Å². The first-order valence-electron chi connectivity index (χ1n) is 9.86.